The third-order valence-corrected chi connectivity index (χ3v) is 4.03. The summed E-state index contributed by atoms with van der Waals surface area (Å²) in [5.74, 6) is -2.69. The van der Waals surface area contributed by atoms with Gasteiger partial charge in [0.2, 0.25) is 4.32 Å². The van der Waals surface area contributed by atoms with Crippen LogP contribution in [-0.4, -0.2) is 42.1 Å². The maximum Gasteiger partial charge on any atom is 0.334 e. The summed E-state index contributed by atoms with van der Waals surface area (Å²) in [6, 6.07) is 0. The van der Waals surface area contributed by atoms with Crippen molar-refractivity contribution >= 4 is 33.8 Å². The van der Waals surface area contributed by atoms with Gasteiger partial charge in [-0.15, -0.1) is 0 Å². The van der Waals surface area contributed by atoms with Crippen molar-refractivity contribution in [3.05, 3.63) is 0 Å². The molecule has 0 rings (SSSR count). The maximum atomic E-state index is 12.0. The number of carbonyl (C=O) groups excluding carboxylic acids is 3. The first kappa shape index (κ1) is 18.9. The Morgan fingerprint density at radius 1 is 0.950 bits per heavy atom. The molecule has 1 unspecified atom stereocenters. The smallest absolute Gasteiger partial charge is 0.334 e. The molecular weight excluding hydrogens is 332 g/mol. The first-order valence-corrected chi connectivity index (χ1v) is 7.32. The molecule has 0 aliphatic rings. The number of carbonyl (C=O) groups is 3. The average Bonchev–Trinajstić information content (AvgIpc) is 2.38. The second-order valence-electron chi connectivity index (χ2n) is 4.06. The fourth-order valence-electron chi connectivity index (χ4n) is 1.57. The Morgan fingerprint density at radius 2 is 1.35 bits per heavy atom. The van der Waals surface area contributed by atoms with E-state index in [0.29, 0.717) is 0 Å². The lowest BCUT2D eigenvalue weighted by Crippen LogP contribution is -2.49. The molecule has 0 bridgehead atoms. The highest BCUT2D eigenvalue weighted by molar-refractivity contribution is 9.10. The first-order chi connectivity index (χ1) is 9.34. The van der Waals surface area contributed by atoms with Crippen molar-refractivity contribution < 1.29 is 28.6 Å². The van der Waals surface area contributed by atoms with E-state index < -0.39 is 28.2 Å². The first-order valence-electron chi connectivity index (χ1n) is 6.53. The van der Waals surface area contributed by atoms with Gasteiger partial charge in [0.15, 0.2) is 0 Å². The minimum Gasteiger partial charge on any atom is -0.466 e. The summed E-state index contributed by atoms with van der Waals surface area (Å²) in [6.45, 7) is 7.01. The molecule has 0 saturated heterocycles. The second kappa shape index (κ2) is 8.94. The lowest BCUT2D eigenvalue weighted by atomic mass is 9.91. The topological polar surface area (TPSA) is 78.9 Å². The van der Waals surface area contributed by atoms with Crippen molar-refractivity contribution in [3.8, 4) is 0 Å². The van der Waals surface area contributed by atoms with E-state index in [0.717, 1.165) is 0 Å². The molecule has 0 spiro atoms. The van der Waals surface area contributed by atoms with Crippen molar-refractivity contribution in [1.29, 1.82) is 0 Å². The highest BCUT2D eigenvalue weighted by Crippen LogP contribution is 2.33. The van der Waals surface area contributed by atoms with Crippen LogP contribution in [0.5, 0.6) is 0 Å². The number of esters is 3. The highest BCUT2D eigenvalue weighted by Gasteiger charge is 2.51. The van der Waals surface area contributed by atoms with Gasteiger partial charge in [0, 0.05) is 5.92 Å². The Kier molecular flexibility index (Phi) is 8.45. The van der Waals surface area contributed by atoms with Crippen LogP contribution in [0.25, 0.3) is 0 Å². The molecule has 0 fully saturated rings. The van der Waals surface area contributed by atoms with Gasteiger partial charge in [0.25, 0.3) is 0 Å². The van der Waals surface area contributed by atoms with Gasteiger partial charge in [-0.2, -0.15) is 0 Å². The standard InChI is InChI=1S/C13H21BrO6/c1-5-18-10(15)8-9(4)13(14,11(16)19-6-2)12(17)20-7-3/h9H,5-8H2,1-4H3. The zero-order chi connectivity index (χ0) is 15.8. The van der Waals surface area contributed by atoms with Crippen LogP contribution < -0.4 is 0 Å². The van der Waals surface area contributed by atoms with Crippen molar-refractivity contribution in [2.75, 3.05) is 19.8 Å². The third kappa shape index (κ3) is 4.77. The maximum absolute atomic E-state index is 12.0. The normalized spacial score (nSPS) is 12.4. The van der Waals surface area contributed by atoms with Gasteiger partial charge in [-0.1, -0.05) is 22.9 Å². The van der Waals surface area contributed by atoms with Gasteiger partial charge in [0.1, 0.15) is 0 Å². The Bertz CT molecular complexity index is 337. The minimum absolute atomic E-state index is 0.100. The lowest BCUT2D eigenvalue weighted by Gasteiger charge is -2.28. The molecule has 0 N–H and O–H groups in total. The van der Waals surface area contributed by atoms with E-state index in [2.05, 4.69) is 15.9 Å². The zero-order valence-corrected chi connectivity index (χ0v) is 13.8. The van der Waals surface area contributed by atoms with Gasteiger partial charge < -0.3 is 14.2 Å². The van der Waals surface area contributed by atoms with Crippen LogP contribution in [0, 0.1) is 5.92 Å². The molecule has 6 nitrogen and oxygen atoms in total. The molecule has 0 aromatic rings. The van der Waals surface area contributed by atoms with Gasteiger partial charge >= 0.3 is 17.9 Å². The lowest BCUT2D eigenvalue weighted by molar-refractivity contribution is -0.161. The SMILES string of the molecule is CCOC(=O)CC(C)C(Br)(C(=O)OCC)C(=O)OCC. The molecule has 0 heterocycles. The van der Waals surface area contributed by atoms with Crippen LogP contribution in [0.2, 0.25) is 0 Å². The molecule has 0 saturated carbocycles. The number of hydrogen-bond donors (Lipinski definition) is 0. The van der Waals surface area contributed by atoms with Crippen molar-refractivity contribution in [2.24, 2.45) is 5.92 Å². The number of ether oxygens (including phenoxy) is 3. The summed E-state index contributed by atoms with van der Waals surface area (Å²) in [7, 11) is 0. The minimum atomic E-state index is -1.70. The molecule has 0 aliphatic heterocycles. The predicted molar refractivity (Wildman–Crippen MR) is 75.3 cm³/mol. The van der Waals surface area contributed by atoms with Crippen LogP contribution in [0.4, 0.5) is 0 Å². The molecule has 0 aromatic heterocycles. The molecule has 0 radical (unpaired) electrons. The zero-order valence-electron chi connectivity index (χ0n) is 12.2. The Hall–Kier alpha value is -1.11. The Labute approximate surface area is 127 Å². The van der Waals surface area contributed by atoms with Gasteiger partial charge in [-0.3, -0.25) is 4.79 Å². The molecule has 0 aromatic carbocycles. The van der Waals surface area contributed by atoms with E-state index in [1.165, 1.54) is 0 Å². The molecular formula is C13H21BrO6. The highest BCUT2D eigenvalue weighted by atomic mass is 79.9. The van der Waals surface area contributed by atoms with Crippen LogP contribution in [0.3, 0.4) is 0 Å². The average molecular weight is 353 g/mol. The number of alkyl halides is 1. The summed E-state index contributed by atoms with van der Waals surface area (Å²) in [5, 5.41) is 0. The number of rotatable bonds is 8. The van der Waals surface area contributed by atoms with E-state index >= 15 is 0 Å². The van der Waals surface area contributed by atoms with E-state index in [4.69, 9.17) is 14.2 Å². The molecule has 20 heavy (non-hydrogen) atoms. The van der Waals surface area contributed by atoms with Crippen molar-refractivity contribution in [1.82, 2.24) is 0 Å². The van der Waals surface area contributed by atoms with Gasteiger partial charge in [-0.25, -0.2) is 9.59 Å². The fourth-order valence-corrected chi connectivity index (χ4v) is 1.96. The summed E-state index contributed by atoms with van der Waals surface area (Å²) in [5.41, 5.74) is 0. The van der Waals surface area contributed by atoms with E-state index in [-0.39, 0.29) is 26.2 Å². The molecule has 116 valence electrons. The van der Waals surface area contributed by atoms with Crippen LogP contribution in [0.1, 0.15) is 34.1 Å². The van der Waals surface area contributed by atoms with E-state index in [1.54, 1.807) is 27.7 Å². The van der Waals surface area contributed by atoms with E-state index in [1.807, 2.05) is 0 Å². The number of halogens is 1. The quantitative estimate of drug-likeness (QED) is 0.287. The summed E-state index contributed by atoms with van der Waals surface area (Å²) in [4.78, 5) is 35.6. The van der Waals surface area contributed by atoms with Crippen LogP contribution in [0.15, 0.2) is 0 Å². The second-order valence-corrected chi connectivity index (χ2v) is 5.31. The predicted octanol–water partition coefficient (Wildman–Crippen LogP) is 1.84. The molecule has 0 amide bonds. The monoisotopic (exact) mass is 352 g/mol. The molecule has 7 heteroatoms. The van der Waals surface area contributed by atoms with E-state index in [9.17, 15) is 14.4 Å². The van der Waals surface area contributed by atoms with Gasteiger partial charge in [-0.05, 0) is 20.8 Å². The van der Waals surface area contributed by atoms with Crippen LogP contribution in [-0.2, 0) is 28.6 Å². The Balaban J connectivity index is 5.14. The third-order valence-electron chi connectivity index (χ3n) is 2.60. The largest absolute Gasteiger partial charge is 0.466 e. The number of hydrogen-bond acceptors (Lipinski definition) is 6. The van der Waals surface area contributed by atoms with Crippen molar-refractivity contribution in [2.45, 2.75) is 38.4 Å². The summed E-state index contributed by atoms with van der Waals surface area (Å²) in [6.07, 6.45) is -0.100. The molecule has 0 aliphatic carbocycles. The summed E-state index contributed by atoms with van der Waals surface area (Å²) < 4.78 is 12.9. The molecule has 1 atom stereocenters. The summed E-state index contributed by atoms with van der Waals surface area (Å²) >= 11 is 3.11. The van der Waals surface area contributed by atoms with Crippen molar-refractivity contribution in [3.63, 3.8) is 0 Å². The Morgan fingerprint density at radius 3 is 1.70 bits per heavy atom. The fraction of sp³-hybridized carbons (Fsp3) is 0.769. The van der Waals surface area contributed by atoms with Gasteiger partial charge in [0.05, 0.1) is 26.2 Å². The van der Waals surface area contributed by atoms with Crippen LogP contribution >= 0.6 is 15.9 Å².